The van der Waals surface area contributed by atoms with Gasteiger partial charge in [0.2, 0.25) is 0 Å². The predicted octanol–water partition coefficient (Wildman–Crippen LogP) is 3.90. The molecule has 1 amide bonds. The van der Waals surface area contributed by atoms with Crippen LogP contribution >= 0.6 is 0 Å². The first-order valence-electron chi connectivity index (χ1n) is 8.19. The maximum absolute atomic E-state index is 13.0. The van der Waals surface area contributed by atoms with Crippen molar-refractivity contribution in [2.24, 2.45) is 0 Å². The van der Waals surface area contributed by atoms with E-state index in [1.165, 1.54) is 12.1 Å². The molecule has 0 saturated heterocycles. The van der Waals surface area contributed by atoms with Crippen LogP contribution in [0.3, 0.4) is 0 Å². The second-order valence-electron chi connectivity index (χ2n) is 5.47. The molecule has 0 aliphatic heterocycles. The van der Waals surface area contributed by atoms with Crippen molar-refractivity contribution < 1.29 is 13.9 Å². The average molecular weight is 414 g/mol. The molecular formula is C21H18FNO2Se. The Hall–Kier alpha value is -2.62. The van der Waals surface area contributed by atoms with Gasteiger partial charge in [-0.2, -0.15) is 0 Å². The Morgan fingerprint density at radius 3 is 2.38 bits per heavy atom. The third-order valence-corrected chi connectivity index (χ3v) is 5.76. The van der Waals surface area contributed by atoms with Crippen molar-refractivity contribution in [3.05, 3.63) is 90.2 Å². The van der Waals surface area contributed by atoms with E-state index >= 15 is 0 Å². The van der Waals surface area contributed by atoms with Crippen molar-refractivity contribution in [3.63, 3.8) is 0 Å². The van der Waals surface area contributed by atoms with Crippen molar-refractivity contribution in [1.82, 2.24) is 0 Å². The summed E-state index contributed by atoms with van der Waals surface area (Å²) < 4.78 is 19.7. The van der Waals surface area contributed by atoms with Gasteiger partial charge in [0, 0.05) is 0 Å². The molecule has 132 valence electrons. The molecule has 5 heteroatoms. The molecule has 0 heterocycles. The van der Waals surface area contributed by atoms with E-state index in [4.69, 9.17) is 4.74 Å². The molecule has 3 nitrogen and oxygen atoms in total. The molecule has 0 saturated carbocycles. The van der Waals surface area contributed by atoms with Crippen LogP contribution in [0.1, 0.15) is 10.4 Å². The number of anilines is 1. The minimum absolute atomic E-state index is 0.117. The Bertz CT molecular complexity index is 853. The Kier molecular flexibility index (Phi) is 6.42. The SMILES string of the molecule is O=C(Nc1ccc(F)cc1)c1ccccc1[Se]CCOc1ccccc1. The van der Waals surface area contributed by atoms with Crippen LogP contribution in [0.2, 0.25) is 5.32 Å². The molecule has 3 rings (SSSR count). The normalized spacial score (nSPS) is 10.3. The van der Waals surface area contributed by atoms with Crippen LogP contribution in [0, 0.1) is 5.82 Å². The average Bonchev–Trinajstić information content (AvgIpc) is 2.68. The molecule has 0 atom stereocenters. The molecular weight excluding hydrogens is 396 g/mol. The zero-order valence-electron chi connectivity index (χ0n) is 14.0. The van der Waals surface area contributed by atoms with Gasteiger partial charge in [0.25, 0.3) is 0 Å². The molecule has 1 N–H and O–H groups in total. The molecule has 0 spiro atoms. The second-order valence-corrected chi connectivity index (χ2v) is 7.85. The number of carbonyl (C=O) groups excluding carboxylic acids is 1. The van der Waals surface area contributed by atoms with Crippen LogP contribution in [0.5, 0.6) is 5.75 Å². The van der Waals surface area contributed by atoms with Gasteiger partial charge in [-0.15, -0.1) is 0 Å². The summed E-state index contributed by atoms with van der Waals surface area (Å²) in [6.07, 6.45) is 0. The monoisotopic (exact) mass is 415 g/mol. The third kappa shape index (κ3) is 5.19. The van der Waals surface area contributed by atoms with Gasteiger partial charge in [-0.1, -0.05) is 0 Å². The predicted molar refractivity (Wildman–Crippen MR) is 103 cm³/mol. The summed E-state index contributed by atoms with van der Waals surface area (Å²) >= 11 is 0.117. The first kappa shape index (κ1) is 18.2. The van der Waals surface area contributed by atoms with Gasteiger partial charge in [0.1, 0.15) is 0 Å². The number of benzene rings is 3. The van der Waals surface area contributed by atoms with Crippen LogP contribution in [-0.4, -0.2) is 27.5 Å². The number of carbonyl (C=O) groups is 1. The van der Waals surface area contributed by atoms with E-state index in [2.05, 4.69) is 5.32 Å². The molecule has 3 aromatic carbocycles. The first-order chi connectivity index (χ1) is 12.7. The van der Waals surface area contributed by atoms with Gasteiger partial charge in [0.05, 0.1) is 0 Å². The molecule has 3 aromatic rings. The number of ether oxygens (including phenoxy) is 1. The van der Waals surface area contributed by atoms with Gasteiger partial charge in [-0.3, -0.25) is 0 Å². The van der Waals surface area contributed by atoms with Crippen molar-refractivity contribution in [2.75, 3.05) is 11.9 Å². The van der Waals surface area contributed by atoms with E-state index in [-0.39, 0.29) is 26.7 Å². The van der Waals surface area contributed by atoms with E-state index in [9.17, 15) is 9.18 Å². The summed E-state index contributed by atoms with van der Waals surface area (Å²) in [5.41, 5.74) is 1.22. The molecule has 0 aliphatic carbocycles. The molecule has 0 unspecified atom stereocenters. The van der Waals surface area contributed by atoms with Gasteiger partial charge >= 0.3 is 158 Å². The molecule has 26 heavy (non-hydrogen) atoms. The molecule has 0 fully saturated rings. The van der Waals surface area contributed by atoms with Crippen LogP contribution < -0.4 is 14.5 Å². The maximum atomic E-state index is 13.0. The molecule has 0 aliphatic rings. The van der Waals surface area contributed by atoms with Gasteiger partial charge < -0.3 is 0 Å². The van der Waals surface area contributed by atoms with Crippen LogP contribution in [0.15, 0.2) is 78.9 Å². The van der Waals surface area contributed by atoms with E-state index in [0.717, 1.165) is 15.5 Å². The van der Waals surface area contributed by atoms with Crippen LogP contribution in [0.4, 0.5) is 10.1 Å². The number of hydrogen-bond acceptors (Lipinski definition) is 2. The Morgan fingerprint density at radius 1 is 0.923 bits per heavy atom. The zero-order valence-corrected chi connectivity index (χ0v) is 15.7. The fraction of sp³-hybridized carbons (Fsp3) is 0.0952. The fourth-order valence-corrected chi connectivity index (χ4v) is 4.18. The van der Waals surface area contributed by atoms with Gasteiger partial charge in [-0.25, -0.2) is 0 Å². The number of para-hydroxylation sites is 1. The Balaban J connectivity index is 1.58. The molecule has 0 radical (unpaired) electrons. The summed E-state index contributed by atoms with van der Waals surface area (Å²) in [5, 5.41) is 3.68. The van der Waals surface area contributed by atoms with Crippen molar-refractivity contribution >= 4 is 31.0 Å². The Labute approximate surface area is 158 Å². The number of rotatable bonds is 7. The van der Waals surface area contributed by atoms with E-state index < -0.39 is 0 Å². The fourth-order valence-electron chi connectivity index (χ4n) is 2.34. The topological polar surface area (TPSA) is 38.3 Å². The number of halogens is 1. The number of hydrogen-bond donors (Lipinski definition) is 1. The minimum atomic E-state index is -0.329. The first-order valence-corrected chi connectivity index (χ1v) is 10.3. The quantitative estimate of drug-likeness (QED) is 0.471. The Morgan fingerprint density at radius 2 is 1.62 bits per heavy atom. The number of amides is 1. The molecule has 0 bridgehead atoms. The molecule has 0 aromatic heterocycles. The second kappa shape index (κ2) is 9.18. The zero-order chi connectivity index (χ0) is 18.2. The number of nitrogens with one attached hydrogen (secondary N) is 1. The van der Waals surface area contributed by atoms with Crippen molar-refractivity contribution in [2.45, 2.75) is 5.32 Å². The van der Waals surface area contributed by atoms with Gasteiger partial charge in [-0.05, 0) is 0 Å². The van der Waals surface area contributed by atoms with E-state index in [0.29, 0.717) is 17.9 Å². The summed E-state index contributed by atoms with van der Waals surface area (Å²) in [4.78, 5) is 12.5. The standard InChI is InChI=1S/C21H18FNO2Se/c22-16-10-12-17(13-11-16)23-21(24)19-8-4-5-9-20(19)26-15-14-25-18-6-2-1-3-7-18/h1-13H,14-15H2,(H,23,24). The summed E-state index contributed by atoms with van der Waals surface area (Å²) in [6.45, 7) is 0.609. The van der Waals surface area contributed by atoms with E-state index in [1.54, 1.807) is 12.1 Å². The van der Waals surface area contributed by atoms with Crippen LogP contribution in [0.25, 0.3) is 0 Å². The van der Waals surface area contributed by atoms with Crippen molar-refractivity contribution in [3.8, 4) is 5.75 Å². The summed E-state index contributed by atoms with van der Waals surface area (Å²) in [6, 6.07) is 23.0. The summed E-state index contributed by atoms with van der Waals surface area (Å²) in [7, 11) is 0. The summed E-state index contributed by atoms with van der Waals surface area (Å²) in [5.74, 6) is 0.342. The van der Waals surface area contributed by atoms with E-state index in [1.807, 2.05) is 54.6 Å². The third-order valence-electron chi connectivity index (χ3n) is 3.59. The van der Waals surface area contributed by atoms with Crippen LogP contribution in [-0.2, 0) is 0 Å². The van der Waals surface area contributed by atoms with Crippen molar-refractivity contribution in [1.29, 1.82) is 0 Å². The van der Waals surface area contributed by atoms with Gasteiger partial charge in [0.15, 0.2) is 0 Å².